The minimum absolute atomic E-state index is 0.0717. The summed E-state index contributed by atoms with van der Waals surface area (Å²) in [6.07, 6.45) is 0.833. The summed E-state index contributed by atoms with van der Waals surface area (Å²) < 4.78 is 2.81. The van der Waals surface area contributed by atoms with Crippen LogP contribution < -0.4 is 10.9 Å². The maximum Gasteiger partial charge on any atom is 0.267 e. The van der Waals surface area contributed by atoms with Gasteiger partial charge in [-0.05, 0) is 39.3 Å². The summed E-state index contributed by atoms with van der Waals surface area (Å²) in [5, 5.41) is 11.4. The van der Waals surface area contributed by atoms with E-state index in [1.807, 2.05) is 33.8 Å². The second-order valence-corrected chi connectivity index (χ2v) is 5.40. The highest BCUT2D eigenvalue weighted by Gasteiger charge is 2.11. The van der Waals surface area contributed by atoms with Gasteiger partial charge in [-0.2, -0.15) is 5.10 Å². The first-order chi connectivity index (χ1) is 10.4. The Morgan fingerprint density at radius 3 is 2.64 bits per heavy atom. The van der Waals surface area contributed by atoms with Crippen molar-refractivity contribution in [2.24, 2.45) is 0 Å². The first-order valence-corrected chi connectivity index (χ1v) is 7.32. The second kappa shape index (κ2) is 6.55. The molecule has 1 amide bonds. The molecular weight excluding hydrogens is 282 g/mol. The summed E-state index contributed by atoms with van der Waals surface area (Å²) in [6, 6.07) is 5.00. The number of carbonyl (C=O) groups is 1. The van der Waals surface area contributed by atoms with E-state index in [9.17, 15) is 9.59 Å². The predicted octanol–water partition coefficient (Wildman–Crippen LogP) is 0.961. The monoisotopic (exact) mass is 303 g/mol. The van der Waals surface area contributed by atoms with Crippen LogP contribution in [-0.4, -0.2) is 31.5 Å². The van der Waals surface area contributed by atoms with Crippen LogP contribution in [-0.2, 0) is 11.3 Å². The minimum atomic E-state index is -0.315. The average Bonchev–Trinajstić information content (AvgIpc) is 2.80. The SMILES string of the molecule is CC[C@H](C)NC(=O)Cn1nc(-n2nc(C)cc2C)ccc1=O. The lowest BCUT2D eigenvalue weighted by Crippen LogP contribution is -2.38. The van der Waals surface area contributed by atoms with Gasteiger partial charge in [-0.1, -0.05) is 6.92 Å². The molecule has 118 valence electrons. The Morgan fingerprint density at radius 1 is 1.32 bits per heavy atom. The first-order valence-electron chi connectivity index (χ1n) is 7.32. The highest BCUT2D eigenvalue weighted by molar-refractivity contribution is 5.75. The molecule has 0 saturated carbocycles. The number of carbonyl (C=O) groups excluding carboxylic acids is 1. The lowest BCUT2D eigenvalue weighted by molar-refractivity contribution is -0.122. The fourth-order valence-electron chi connectivity index (χ4n) is 2.08. The fourth-order valence-corrected chi connectivity index (χ4v) is 2.08. The molecule has 2 aromatic heterocycles. The van der Waals surface area contributed by atoms with E-state index < -0.39 is 0 Å². The van der Waals surface area contributed by atoms with Crippen molar-refractivity contribution >= 4 is 5.91 Å². The molecule has 2 heterocycles. The molecule has 0 aliphatic rings. The number of hydrogen-bond acceptors (Lipinski definition) is 4. The van der Waals surface area contributed by atoms with Gasteiger partial charge in [0.05, 0.1) is 5.69 Å². The maximum absolute atomic E-state index is 11.9. The van der Waals surface area contributed by atoms with Crippen molar-refractivity contribution in [3.63, 3.8) is 0 Å². The van der Waals surface area contributed by atoms with Crippen molar-refractivity contribution in [3.8, 4) is 5.82 Å². The summed E-state index contributed by atoms with van der Waals surface area (Å²) in [4.78, 5) is 23.8. The molecule has 0 spiro atoms. The quantitative estimate of drug-likeness (QED) is 0.892. The van der Waals surface area contributed by atoms with Gasteiger partial charge in [-0.3, -0.25) is 9.59 Å². The minimum Gasteiger partial charge on any atom is -0.352 e. The zero-order chi connectivity index (χ0) is 16.3. The van der Waals surface area contributed by atoms with E-state index in [0.29, 0.717) is 5.82 Å². The molecule has 0 fully saturated rings. The highest BCUT2D eigenvalue weighted by atomic mass is 16.2. The van der Waals surface area contributed by atoms with Crippen molar-refractivity contribution in [3.05, 3.63) is 39.9 Å². The predicted molar refractivity (Wildman–Crippen MR) is 83.0 cm³/mol. The third kappa shape index (κ3) is 3.60. The van der Waals surface area contributed by atoms with E-state index in [1.54, 1.807) is 10.7 Å². The molecule has 1 atom stereocenters. The summed E-state index contributed by atoms with van der Waals surface area (Å²) >= 11 is 0. The summed E-state index contributed by atoms with van der Waals surface area (Å²) in [7, 11) is 0. The smallest absolute Gasteiger partial charge is 0.267 e. The van der Waals surface area contributed by atoms with Gasteiger partial charge in [0.1, 0.15) is 6.54 Å². The molecule has 2 rings (SSSR count). The van der Waals surface area contributed by atoms with Crippen LogP contribution >= 0.6 is 0 Å². The van der Waals surface area contributed by atoms with E-state index in [2.05, 4.69) is 15.5 Å². The average molecular weight is 303 g/mol. The summed E-state index contributed by atoms with van der Waals surface area (Å²) in [5.74, 6) is 0.288. The van der Waals surface area contributed by atoms with Gasteiger partial charge in [-0.15, -0.1) is 5.10 Å². The zero-order valence-electron chi connectivity index (χ0n) is 13.3. The molecule has 0 aliphatic carbocycles. The maximum atomic E-state index is 11.9. The molecule has 0 unspecified atom stereocenters. The Labute approximate surface area is 129 Å². The van der Waals surface area contributed by atoms with Crippen LogP contribution in [0, 0.1) is 13.8 Å². The Hall–Kier alpha value is -2.44. The first kappa shape index (κ1) is 15.9. The number of rotatable bonds is 5. The fraction of sp³-hybridized carbons (Fsp3) is 0.467. The van der Waals surface area contributed by atoms with E-state index in [4.69, 9.17) is 0 Å². The van der Waals surface area contributed by atoms with Crippen molar-refractivity contribution in [1.82, 2.24) is 24.9 Å². The van der Waals surface area contributed by atoms with Gasteiger partial charge < -0.3 is 5.32 Å². The number of nitrogens with zero attached hydrogens (tertiary/aromatic N) is 4. The molecule has 1 N–H and O–H groups in total. The molecule has 7 nitrogen and oxygen atoms in total. The largest absolute Gasteiger partial charge is 0.352 e. The summed E-state index contributed by atoms with van der Waals surface area (Å²) in [6.45, 7) is 7.60. The van der Waals surface area contributed by atoms with Gasteiger partial charge in [-0.25, -0.2) is 9.36 Å². The Balaban J connectivity index is 2.26. The van der Waals surface area contributed by atoms with E-state index >= 15 is 0 Å². The number of hydrogen-bond donors (Lipinski definition) is 1. The lowest BCUT2D eigenvalue weighted by Gasteiger charge is -2.12. The standard InChI is InChI=1S/C15H21N5O2/c1-5-10(2)16-14(21)9-19-15(22)7-6-13(18-19)20-12(4)8-11(3)17-20/h6-8,10H,5,9H2,1-4H3,(H,16,21)/t10-/m0/s1. The third-order valence-electron chi connectivity index (χ3n) is 3.39. The number of nitrogens with one attached hydrogen (secondary N) is 1. The normalized spacial score (nSPS) is 12.2. The van der Waals surface area contributed by atoms with Gasteiger partial charge >= 0.3 is 0 Å². The third-order valence-corrected chi connectivity index (χ3v) is 3.39. The van der Waals surface area contributed by atoms with E-state index in [0.717, 1.165) is 22.5 Å². The molecule has 2 aromatic rings. The van der Waals surface area contributed by atoms with E-state index in [-0.39, 0.29) is 24.1 Å². The number of amides is 1. The number of aryl methyl sites for hydroxylation is 2. The van der Waals surface area contributed by atoms with Crippen LogP contribution in [0.25, 0.3) is 5.82 Å². The molecular formula is C15H21N5O2. The van der Waals surface area contributed by atoms with Crippen LogP contribution in [0.15, 0.2) is 23.0 Å². The van der Waals surface area contributed by atoms with Gasteiger partial charge in [0.25, 0.3) is 5.56 Å². The van der Waals surface area contributed by atoms with Gasteiger partial charge in [0.15, 0.2) is 5.82 Å². The molecule has 0 aliphatic heterocycles. The highest BCUT2D eigenvalue weighted by Crippen LogP contribution is 2.07. The Bertz CT molecular complexity index is 732. The summed E-state index contributed by atoms with van der Waals surface area (Å²) in [5.41, 5.74) is 1.47. The Morgan fingerprint density at radius 2 is 2.05 bits per heavy atom. The molecule has 0 radical (unpaired) electrons. The van der Waals surface area contributed by atoms with Crippen LogP contribution in [0.4, 0.5) is 0 Å². The molecule has 7 heteroatoms. The van der Waals surface area contributed by atoms with Crippen LogP contribution in [0.3, 0.4) is 0 Å². The van der Waals surface area contributed by atoms with Crippen LogP contribution in [0.2, 0.25) is 0 Å². The number of aromatic nitrogens is 4. The van der Waals surface area contributed by atoms with Crippen molar-refractivity contribution < 1.29 is 4.79 Å². The van der Waals surface area contributed by atoms with Gasteiger partial charge in [0.2, 0.25) is 5.91 Å². The molecule has 22 heavy (non-hydrogen) atoms. The van der Waals surface area contributed by atoms with Crippen molar-refractivity contribution in [2.75, 3.05) is 0 Å². The molecule has 0 aromatic carbocycles. The van der Waals surface area contributed by atoms with E-state index in [1.165, 1.54) is 6.07 Å². The van der Waals surface area contributed by atoms with Crippen molar-refractivity contribution in [2.45, 2.75) is 46.7 Å². The topological polar surface area (TPSA) is 81.8 Å². The van der Waals surface area contributed by atoms with Crippen molar-refractivity contribution in [1.29, 1.82) is 0 Å². The second-order valence-electron chi connectivity index (χ2n) is 5.40. The van der Waals surface area contributed by atoms with Gasteiger partial charge in [0, 0.05) is 17.8 Å². The van der Waals surface area contributed by atoms with Crippen LogP contribution in [0.5, 0.6) is 0 Å². The Kier molecular flexibility index (Phi) is 4.75. The lowest BCUT2D eigenvalue weighted by atomic mass is 10.2. The van der Waals surface area contributed by atoms with Crippen LogP contribution in [0.1, 0.15) is 31.7 Å². The zero-order valence-corrected chi connectivity index (χ0v) is 13.3. The molecule has 0 bridgehead atoms. The molecule has 0 saturated heterocycles.